The second-order valence-electron chi connectivity index (χ2n) is 3.79. The fourth-order valence-corrected chi connectivity index (χ4v) is 1.45. The lowest BCUT2D eigenvalue weighted by Crippen LogP contribution is -2.01. The van der Waals surface area contributed by atoms with Crippen LogP contribution < -0.4 is 10.5 Å². The van der Waals surface area contributed by atoms with E-state index in [2.05, 4.69) is 9.97 Å². The van der Waals surface area contributed by atoms with E-state index in [-0.39, 0.29) is 0 Å². The second-order valence-corrected chi connectivity index (χ2v) is 3.79. The number of para-hydroxylation sites is 1. The largest absolute Gasteiger partial charge is 0.437 e. The predicted molar refractivity (Wildman–Crippen MR) is 65.9 cm³/mol. The lowest BCUT2D eigenvalue weighted by atomic mass is 10.2. The minimum absolute atomic E-state index is 0.439. The number of ether oxygens (including phenoxy) is 1. The molecular weight excluding hydrogens is 214 g/mol. The Morgan fingerprint density at radius 3 is 2.65 bits per heavy atom. The maximum absolute atomic E-state index is 5.68. The van der Waals surface area contributed by atoms with Gasteiger partial charge in [0, 0.05) is 12.1 Å². The minimum atomic E-state index is 0.439. The van der Waals surface area contributed by atoms with E-state index in [1.165, 1.54) is 0 Å². The van der Waals surface area contributed by atoms with E-state index in [9.17, 15) is 0 Å². The lowest BCUT2D eigenvalue weighted by molar-refractivity contribution is 0.452. The van der Waals surface area contributed by atoms with Gasteiger partial charge in [-0.25, -0.2) is 4.98 Å². The highest BCUT2D eigenvalue weighted by Gasteiger charge is 2.05. The smallest absolute Gasteiger partial charge is 0.238 e. The Kier molecular flexibility index (Phi) is 3.35. The molecule has 0 unspecified atom stereocenters. The minimum Gasteiger partial charge on any atom is -0.437 e. The summed E-state index contributed by atoms with van der Waals surface area (Å²) < 4.78 is 5.68. The number of hydrogen-bond donors (Lipinski definition) is 1. The van der Waals surface area contributed by atoms with Crippen LogP contribution in [0.5, 0.6) is 11.6 Å². The molecule has 1 heterocycles. The zero-order valence-electron chi connectivity index (χ0n) is 9.97. The van der Waals surface area contributed by atoms with Crippen molar-refractivity contribution in [1.29, 1.82) is 0 Å². The first-order valence-corrected chi connectivity index (χ1v) is 5.47. The fraction of sp³-hybridized carbons (Fsp3) is 0.231. The molecule has 0 saturated carbocycles. The summed E-state index contributed by atoms with van der Waals surface area (Å²) >= 11 is 0. The summed E-state index contributed by atoms with van der Waals surface area (Å²) in [6.07, 6.45) is 1.62. The van der Waals surface area contributed by atoms with Gasteiger partial charge in [0.2, 0.25) is 5.88 Å². The average molecular weight is 229 g/mol. The van der Waals surface area contributed by atoms with Crippen LogP contribution in [-0.4, -0.2) is 9.97 Å². The molecule has 0 aliphatic heterocycles. The zero-order valence-corrected chi connectivity index (χ0v) is 9.97. The SMILES string of the molecule is Cc1ncc(Oc2ccccc2CN)nc1C. The van der Waals surface area contributed by atoms with Gasteiger partial charge in [0.1, 0.15) is 5.75 Å². The third-order valence-electron chi connectivity index (χ3n) is 2.58. The van der Waals surface area contributed by atoms with E-state index in [4.69, 9.17) is 10.5 Å². The Balaban J connectivity index is 2.28. The molecule has 17 heavy (non-hydrogen) atoms. The van der Waals surface area contributed by atoms with E-state index >= 15 is 0 Å². The van der Waals surface area contributed by atoms with Gasteiger partial charge in [-0.1, -0.05) is 18.2 Å². The quantitative estimate of drug-likeness (QED) is 0.877. The standard InChI is InChI=1S/C13H15N3O/c1-9-10(2)16-13(8-15-9)17-12-6-4-3-5-11(12)7-14/h3-6,8H,7,14H2,1-2H3. The highest BCUT2D eigenvalue weighted by molar-refractivity contribution is 5.35. The van der Waals surface area contributed by atoms with Crippen LogP contribution in [0.2, 0.25) is 0 Å². The number of nitrogens with zero attached hydrogens (tertiary/aromatic N) is 2. The van der Waals surface area contributed by atoms with Crippen LogP contribution in [-0.2, 0) is 6.54 Å². The Morgan fingerprint density at radius 2 is 1.94 bits per heavy atom. The Hall–Kier alpha value is -1.94. The van der Waals surface area contributed by atoms with Gasteiger partial charge >= 0.3 is 0 Å². The number of aromatic nitrogens is 2. The molecule has 0 radical (unpaired) electrons. The predicted octanol–water partition coefficient (Wildman–Crippen LogP) is 2.34. The molecular formula is C13H15N3O. The van der Waals surface area contributed by atoms with E-state index < -0.39 is 0 Å². The highest BCUT2D eigenvalue weighted by Crippen LogP contribution is 2.23. The van der Waals surface area contributed by atoms with Crippen molar-refractivity contribution in [2.24, 2.45) is 5.73 Å². The number of benzene rings is 1. The molecule has 0 bridgehead atoms. The Labute approximate surface area is 100 Å². The number of aryl methyl sites for hydroxylation is 2. The summed E-state index contributed by atoms with van der Waals surface area (Å²) in [6, 6.07) is 7.65. The van der Waals surface area contributed by atoms with Gasteiger partial charge in [0.05, 0.1) is 17.6 Å². The summed E-state index contributed by atoms with van der Waals surface area (Å²) in [5.41, 5.74) is 8.37. The van der Waals surface area contributed by atoms with Gasteiger partial charge in [0.15, 0.2) is 0 Å². The third-order valence-corrected chi connectivity index (χ3v) is 2.58. The van der Waals surface area contributed by atoms with Gasteiger partial charge < -0.3 is 10.5 Å². The Bertz CT molecular complexity index is 526. The molecule has 88 valence electrons. The van der Waals surface area contributed by atoms with Gasteiger partial charge in [-0.15, -0.1) is 0 Å². The van der Waals surface area contributed by atoms with Crippen LogP contribution in [0.3, 0.4) is 0 Å². The normalized spacial score (nSPS) is 10.3. The highest BCUT2D eigenvalue weighted by atomic mass is 16.5. The molecule has 0 saturated heterocycles. The zero-order chi connectivity index (χ0) is 12.3. The van der Waals surface area contributed by atoms with Crippen molar-refractivity contribution < 1.29 is 4.74 Å². The van der Waals surface area contributed by atoms with Crippen LogP contribution in [0.4, 0.5) is 0 Å². The van der Waals surface area contributed by atoms with E-state index in [0.717, 1.165) is 22.7 Å². The molecule has 0 atom stereocenters. The summed E-state index contributed by atoms with van der Waals surface area (Å²) in [4.78, 5) is 8.53. The van der Waals surface area contributed by atoms with Gasteiger partial charge in [-0.3, -0.25) is 4.98 Å². The van der Waals surface area contributed by atoms with E-state index in [1.54, 1.807) is 6.20 Å². The summed E-state index contributed by atoms with van der Waals surface area (Å²) in [7, 11) is 0. The van der Waals surface area contributed by atoms with Crippen molar-refractivity contribution in [1.82, 2.24) is 9.97 Å². The molecule has 2 rings (SSSR count). The first-order chi connectivity index (χ1) is 8.20. The molecule has 0 fully saturated rings. The third kappa shape index (κ3) is 2.60. The van der Waals surface area contributed by atoms with Crippen molar-refractivity contribution in [2.75, 3.05) is 0 Å². The summed E-state index contributed by atoms with van der Waals surface area (Å²) in [6.45, 7) is 4.26. The van der Waals surface area contributed by atoms with Crippen molar-refractivity contribution in [3.05, 3.63) is 47.4 Å². The van der Waals surface area contributed by atoms with Crippen molar-refractivity contribution in [2.45, 2.75) is 20.4 Å². The van der Waals surface area contributed by atoms with Crippen LogP contribution in [0.15, 0.2) is 30.5 Å². The molecule has 4 heteroatoms. The van der Waals surface area contributed by atoms with E-state index in [0.29, 0.717) is 12.4 Å². The van der Waals surface area contributed by atoms with Crippen molar-refractivity contribution >= 4 is 0 Å². The average Bonchev–Trinajstić information content (AvgIpc) is 2.34. The first-order valence-electron chi connectivity index (χ1n) is 5.47. The topological polar surface area (TPSA) is 61.0 Å². The molecule has 2 N–H and O–H groups in total. The van der Waals surface area contributed by atoms with Crippen LogP contribution >= 0.6 is 0 Å². The molecule has 4 nitrogen and oxygen atoms in total. The van der Waals surface area contributed by atoms with Crippen LogP contribution in [0.1, 0.15) is 17.0 Å². The first kappa shape index (κ1) is 11.5. The van der Waals surface area contributed by atoms with Crippen LogP contribution in [0.25, 0.3) is 0 Å². The second kappa shape index (κ2) is 4.93. The molecule has 2 aromatic rings. The molecule has 0 aliphatic rings. The Morgan fingerprint density at radius 1 is 1.18 bits per heavy atom. The maximum atomic E-state index is 5.68. The van der Waals surface area contributed by atoms with Gasteiger partial charge in [-0.05, 0) is 19.9 Å². The van der Waals surface area contributed by atoms with Crippen LogP contribution in [0, 0.1) is 13.8 Å². The fourth-order valence-electron chi connectivity index (χ4n) is 1.45. The summed E-state index contributed by atoms with van der Waals surface area (Å²) in [5, 5.41) is 0. The lowest BCUT2D eigenvalue weighted by Gasteiger charge is -2.09. The van der Waals surface area contributed by atoms with Crippen molar-refractivity contribution in [3.8, 4) is 11.6 Å². The van der Waals surface area contributed by atoms with E-state index in [1.807, 2.05) is 38.1 Å². The number of rotatable bonds is 3. The van der Waals surface area contributed by atoms with Gasteiger partial charge in [0.25, 0.3) is 0 Å². The molecule has 0 amide bonds. The molecule has 0 aliphatic carbocycles. The monoisotopic (exact) mass is 229 g/mol. The maximum Gasteiger partial charge on any atom is 0.238 e. The number of nitrogens with two attached hydrogens (primary N) is 1. The van der Waals surface area contributed by atoms with Crippen molar-refractivity contribution in [3.63, 3.8) is 0 Å². The van der Waals surface area contributed by atoms with Gasteiger partial charge in [-0.2, -0.15) is 0 Å². The summed E-state index contributed by atoms with van der Waals surface area (Å²) in [5.74, 6) is 1.22. The molecule has 1 aromatic carbocycles. The molecule has 0 spiro atoms. The number of hydrogen-bond acceptors (Lipinski definition) is 4. The molecule has 1 aromatic heterocycles.